The highest BCUT2D eigenvalue weighted by atomic mass is 32.2. The monoisotopic (exact) mass is 562 g/mol. The minimum Gasteiger partial charge on any atom is -0.464 e. The Morgan fingerprint density at radius 2 is 2.11 bits per heavy atom. The SMILES string of the molecule is CCOC(=O)[C@@H]1[C@H](NC(=O)CC2=NC(=N)S(=NOC)C2)C(=O)N1C(=O)NS(=O)(=O)Nc1cc(C)sn1. The summed E-state index contributed by atoms with van der Waals surface area (Å²) >= 11 is 1.03. The van der Waals surface area contributed by atoms with Crippen molar-refractivity contribution in [3.8, 4) is 0 Å². The van der Waals surface area contributed by atoms with Gasteiger partial charge in [0.15, 0.2) is 17.0 Å². The summed E-state index contributed by atoms with van der Waals surface area (Å²) in [5.41, 5.74) is 0.324. The lowest BCUT2D eigenvalue weighted by molar-refractivity contribution is -0.166. The molecular formula is C17H22N8O8S3. The second kappa shape index (κ2) is 11.2. The first-order chi connectivity index (χ1) is 17.0. The second-order valence-electron chi connectivity index (χ2n) is 7.21. The number of imide groups is 1. The first-order valence-electron chi connectivity index (χ1n) is 10.1. The molecule has 2 aliphatic heterocycles. The van der Waals surface area contributed by atoms with E-state index in [1.54, 1.807) is 11.6 Å². The van der Waals surface area contributed by atoms with Gasteiger partial charge in [0.25, 0.3) is 5.91 Å². The third-order valence-corrected chi connectivity index (χ3v) is 7.65. The maximum Gasteiger partial charge on any atom is 0.340 e. The fraction of sp³-hybridized carbons (Fsp3) is 0.471. The Hall–Kier alpha value is -3.29. The zero-order valence-electron chi connectivity index (χ0n) is 19.1. The zero-order valence-corrected chi connectivity index (χ0v) is 21.6. The Bertz CT molecular complexity index is 1270. The topological polar surface area (TPSA) is 222 Å². The number of anilines is 1. The molecule has 4 N–H and O–H groups in total. The van der Waals surface area contributed by atoms with E-state index in [-0.39, 0.29) is 29.8 Å². The summed E-state index contributed by atoms with van der Waals surface area (Å²) in [5.74, 6) is -2.58. The fourth-order valence-corrected chi connectivity index (χ4v) is 5.65. The van der Waals surface area contributed by atoms with E-state index < -0.39 is 56.8 Å². The van der Waals surface area contributed by atoms with Gasteiger partial charge in [-0.15, -0.1) is 4.53 Å². The van der Waals surface area contributed by atoms with E-state index in [4.69, 9.17) is 10.1 Å². The van der Waals surface area contributed by atoms with Crippen molar-refractivity contribution in [2.75, 3.05) is 24.2 Å². The Balaban J connectivity index is 1.67. The largest absolute Gasteiger partial charge is 0.464 e. The minimum atomic E-state index is -4.49. The lowest BCUT2D eigenvalue weighted by atomic mass is 9.95. The van der Waals surface area contributed by atoms with Crippen LogP contribution in [0.2, 0.25) is 0 Å². The highest BCUT2D eigenvalue weighted by Gasteiger charge is 2.57. The van der Waals surface area contributed by atoms with Crippen molar-refractivity contribution in [1.29, 1.82) is 5.41 Å². The van der Waals surface area contributed by atoms with Crippen LogP contribution >= 0.6 is 11.5 Å². The molecule has 196 valence electrons. The van der Waals surface area contributed by atoms with Gasteiger partial charge in [0, 0.05) is 21.3 Å². The van der Waals surface area contributed by atoms with Crippen molar-refractivity contribution in [2.24, 2.45) is 9.52 Å². The van der Waals surface area contributed by atoms with Gasteiger partial charge in [-0.2, -0.15) is 12.8 Å². The van der Waals surface area contributed by atoms with E-state index in [2.05, 4.69) is 24.0 Å². The molecule has 4 amide bonds. The number of aliphatic imine (C=N–C) groups is 1. The number of β-lactam (4-membered cyclic amide) rings is 1. The first-order valence-corrected chi connectivity index (χ1v) is 13.7. The van der Waals surface area contributed by atoms with Crippen LogP contribution in [0.1, 0.15) is 18.2 Å². The van der Waals surface area contributed by atoms with Crippen LogP contribution in [-0.2, 0) is 44.9 Å². The van der Waals surface area contributed by atoms with Gasteiger partial charge < -0.3 is 10.1 Å². The van der Waals surface area contributed by atoms with Crippen molar-refractivity contribution < 1.29 is 37.2 Å². The summed E-state index contributed by atoms with van der Waals surface area (Å²) in [6.45, 7) is 3.10. The molecule has 1 aromatic rings. The zero-order chi connectivity index (χ0) is 26.6. The molecule has 1 fully saturated rings. The predicted octanol–water partition coefficient (Wildman–Crippen LogP) is -0.781. The number of likely N-dealkylation sites (tertiary alicyclic amines) is 1. The van der Waals surface area contributed by atoms with E-state index in [0.29, 0.717) is 15.5 Å². The molecule has 19 heteroatoms. The van der Waals surface area contributed by atoms with Crippen molar-refractivity contribution >= 4 is 72.9 Å². The number of carbonyl (C=O) groups excluding carboxylic acids is 4. The molecule has 1 saturated heterocycles. The van der Waals surface area contributed by atoms with E-state index in [9.17, 15) is 27.6 Å². The third-order valence-electron chi connectivity index (χ3n) is 4.56. The van der Waals surface area contributed by atoms with E-state index in [0.717, 1.165) is 11.5 Å². The van der Waals surface area contributed by atoms with Gasteiger partial charge in [-0.25, -0.2) is 33.8 Å². The molecule has 0 radical (unpaired) electrons. The summed E-state index contributed by atoms with van der Waals surface area (Å²) in [6.07, 6.45) is -0.290. The van der Waals surface area contributed by atoms with Crippen LogP contribution in [0.25, 0.3) is 0 Å². The molecule has 0 spiro atoms. The number of nitrogens with zero attached hydrogens (tertiary/aromatic N) is 4. The van der Waals surface area contributed by atoms with Gasteiger partial charge in [0.1, 0.15) is 6.04 Å². The normalized spacial score (nSPS) is 21.6. The molecule has 0 aromatic carbocycles. The van der Waals surface area contributed by atoms with Crippen LogP contribution in [0.4, 0.5) is 10.6 Å². The van der Waals surface area contributed by atoms with Crippen LogP contribution in [0.3, 0.4) is 0 Å². The average molecular weight is 563 g/mol. The number of urea groups is 1. The molecule has 0 saturated carbocycles. The lowest BCUT2D eigenvalue weighted by Crippen LogP contribution is -2.76. The lowest BCUT2D eigenvalue weighted by Gasteiger charge is -2.43. The summed E-state index contributed by atoms with van der Waals surface area (Å²) in [4.78, 5) is 59.8. The highest BCUT2D eigenvalue weighted by molar-refractivity contribution is 8.03. The molecule has 1 aromatic heterocycles. The van der Waals surface area contributed by atoms with Crippen LogP contribution < -0.4 is 14.8 Å². The van der Waals surface area contributed by atoms with Crippen molar-refractivity contribution in [2.45, 2.75) is 32.4 Å². The number of rotatable bonds is 9. The number of ether oxygens (including phenoxy) is 1. The third kappa shape index (κ3) is 6.28. The maximum atomic E-state index is 12.7. The Labute approximate surface area is 211 Å². The molecule has 16 nitrogen and oxygen atoms in total. The molecule has 36 heavy (non-hydrogen) atoms. The number of aromatic nitrogens is 1. The van der Waals surface area contributed by atoms with Crippen LogP contribution in [0.15, 0.2) is 15.6 Å². The predicted molar refractivity (Wildman–Crippen MR) is 129 cm³/mol. The molecule has 0 aliphatic carbocycles. The second-order valence-corrected chi connectivity index (χ2v) is 11.2. The first kappa shape index (κ1) is 27.3. The van der Waals surface area contributed by atoms with Gasteiger partial charge >= 0.3 is 22.2 Å². The summed E-state index contributed by atoms with van der Waals surface area (Å²) in [7, 11) is -4.11. The van der Waals surface area contributed by atoms with Gasteiger partial charge in [-0.1, -0.05) is 0 Å². The molecule has 0 bridgehead atoms. The summed E-state index contributed by atoms with van der Waals surface area (Å²) in [5, 5.41) is 10.0. The fourth-order valence-electron chi connectivity index (χ4n) is 3.17. The molecule has 3 heterocycles. The minimum absolute atomic E-state index is 0.0381. The van der Waals surface area contributed by atoms with Crippen molar-refractivity contribution in [3.05, 3.63) is 10.9 Å². The number of amides is 4. The smallest absolute Gasteiger partial charge is 0.340 e. The molecule has 3 rings (SSSR count). The number of hydrogen-bond donors (Lipinski definition) is 4. The number of esters is 1. The molecule has 2 aliphatic rings. The van der Waals surface area contributed by atoms with Crippen LogP contribution in [-0.4, -0.2) is 83.9 Å². The maximum absolute atomic E-state index is 12.7. The Morgan fingerprint density at radius 1 is 1.39 bits per heavy atom. The van der Waals surface area contributed by atoms with E-state index in [1.807, 2.05) is 4.72 Å². The molecule has 1 unspecified atom stereocenters. The van der Waals surface area contributed by atoms with Crippen LogP contribution in [0.5, 0.6) is 0 Å². The standard InChI is InChI=1S/C17H22N8O8S3/c1-4-33-15(28)13-12(20-11(26)6-9-7-35(24-32-3)16(18)19-9)14(27)25(13)17(29)23-36(30,31)22-10-5-8(2)34-21-10/h5,12-13,18H,4,6-7H2,1-3H3,(H,20,26)(H,21,22)(H,23,29)/t12-,13-,35?/m0/s1. The Morgan fingerprint density at radius 3 is 2.72 bits per heavy atom. The number of aryl methyl sites for hydroxylation is 1. The number of carbonyl (C=O) groups is 4. The van der Waals surface area contributed by atoms with Gasteiger partial charge in [0.05, 0.1) is 25.9 Å². The molecule has 3 atom stereocenters. The van der Waals surface area contributed by atoms with E-state index in [1.165, 1.54) is 20.1 Å². The quantitative estimate of drug-likeness (QED) is 0.168. The van der Waals surface area contributed by atoms with Gasteiger partial charge in [-0.05, 0) is 31.4 Å². The average Bonchev–Trinajstić information content (AvgIpc) is 3.33. The molecular weight excluding hydrogens is 540 g/mol. The van der Waals surface area contributed by atoms with Crippen LogP contribution in [0, 0.1) is 12.3 Å². The summed E-state index contributed by atoms with van der Waals surface area (Å²) < 4.78 is 40.7. The van der Waals surface area contributed by atoms with Crippen molar-refractivity contribution in [1.82, 2.24) is 19.3 Å². The number of amidine groups is 1. The summed E-state index contributed by atoms with van der Waals surface area (Å²) in [6, 6.07) is -3.05. The number of nitrogens with one attached hydrogen (secondary N) is 4. The number of hydrogen-bond acceptors (Lipinski definition) is 12. The highest BCUT2D eigenvalue weighted by Crippen LogP contribution is 2.23. The van der Waals surface area contributed by atoms with Gasteiger partial charge in [0.2, 0.25) is 5.91 Å². The van der Waals surface area contributed by atoms with E-state index >= 15 is 0 Å². The van der Waals surface area contributed by atoms with Crippen molar-refractivity contribution in [3.63, 3.8) is 0 Å². The van der Waals surface area contributed by atoms with Gasteiger partial charge in [-0.3, -0.25) is 15.0 Å². The Kier molecular flexibility index (Phi) is 8.48.